The number of aryl methyl sites for hydroxylation is 1. The van der Waals surface area contributed by atoms with E-state index in [4.69, 9.17) is 10.5 Å². The van der Waals surface area contributed by atoms with Crippen molar-refractivity contribution in [2.75, 3.05) is 12.8 Å². The van der Waals surface area contributed by atoms with Crippen LogP contribution in [0.2, 0.25) is 0 Å². The lowest BCUT2D eigenvalue weighted by Crippen LogP contribution is -2.19. The van der Waals surface area contributed by atoms with E-state index < -0.39 is 0 Å². The fourth-order valence-electron chi connectivity index (χ4n) is 1.78. The molecule has 0 radical (unpaired) electrons. The summed E-state index contributed by atoms with van der Waals surface area (Å²) >= 11 is 0. The van der Waals surface area contributed by atoms with Gasteiger partial charge in [0.1, 0.15) is 0 Å². The molecule has 0 spiro atoms. The second-order valence-corrected chi connectivity index (χ2v) is 3.59. The summed E-state index contributed by atoms with van der Waals surface area (Å²) in [6, 6.07) is 0.282. The zero-order valence-electron chi connectivity index (χ0n) is 8.68. The number of nitrogens with two attached hydrogens (primary N) is 1. The van der Waals surface area contributed by atoms with Crippen LogP contribution in [0.1, 0.15) is 17.7 Å². The van der Waals surface area contributed by atoms with Crippen molar-refractivity contribution in [3.63, 3.8) is 0 Å². The van der Waals surface area contributed by atoms with Crippen LogP contribution < -0.4 is 5.73 Å². The van der Waals surface area contributed by atoms with Crippen LogP contribution in [0.25, 0.3) is 0 Å². The number of ether oxygens (including phenoxy) is 1. The van der Waals surface area contributed by atoms with Crippen molar-refractivity contribution in [3.8, 4) is 0 Å². The molecule has 80 valence electrons. The number of aliphatic imine (C=N–C) groups is 1. The van der Waals surface area contributed by atoms with Gasteiger partial charge in [-0.15, -0.1) is 0 Å². The monoisotopic (exact) mass is 206 g/mol. The molecule has 0 aliphatic heterocycles. The molecular formula is C10H14N4O. The Balaban J connectivity index is 2.13. The van der Waals surface area contributed by atoms with Gasteiger partial charge in [-0.3, -0.25) is 4.99 Å². The van der Waals surface area contributed by atoms with E-state index in [0.717, 1.165) is 30.5 Å². The Hall–Kier alpha value is -1.65. The quantitative estimate of drug-likeness (QED) is 0.567. The summed E-state index contributed by atoms with van der Waals surface area (Å²) in [5.41, 5.74) is 7.73. The fraction of sp³-hybridized carbons (Fsp3) is 0.500. The molecule has 0 saturated heterocycles. The molecule has 5 nitrogen and oxygen atoms in total. The van der Waals surface area contributed by atoms with Gasteiger partial charge in [0.05, 0.1) is 13.2 Å². The maximum absolute atomic E-state index is 5.52. The minimum Gasteiger partial charge on any atom is -0.487 e. The van der Waals surface area contributed by atoms with Crippen molar-refractivity contribution < 1.29 is 4.74 Å². The van der Waals surface area contributed by atoms with Crippen LogP contribution in [0.3, 0.4) is 0 Å². The molecule has 1 unspecified atom stereocenters. The van der Waals surface area contributed by atoms with E-state index in [0.29, 0.717) is 5.95 Å². The zero-order chi connectivity index (χ0) is 10.7. The van der Waals surface area contributed by atoms with Crippen LogP contribution in [0.4, 0.5) is 5.95 Å². The third-order valence-electron chi connectivity index (χ3n) is 2.52. The number of hydrogen-bond acceptors (Lipinski definition) is 5. The van der Waals surface area contributed by atoms with Gasteiger partial charge in [0.25, 0.3) is 0 Å². The van der Waals surface area contributed by atoms with Gasteiger partial charge < -0.3 is 10.5 Å². The van der Waals surface area contributed by atoms with E-state index in [9.17, 15) is 0 Å². The second-order valence-electron chi connectivity index (χ2n) is 3.59. The molecular weight excluding hydrogens is 192 g/mol. The van der Waals surface area contributed by atoms with Crippen LogP contribution in [-0.4, -0.2) is 29.5 Å². The van der Waals surface area contributed by atoms with Crippen molar-refractivity contribution in [1.29, 1.82) is 0 Å². The van der Waals surface area contributed by atoms with E-state index in [1.807, 2.05) is 0 Å². The highest BCUT2D eigenvalue weighted by atomic mass is 16.5. The highest BCUT2D eigenvalue weighted by Crippen LogP contribution is 2.21. The normalized spacial score (nSPS) is 20.2. The van der Waals surface area contributed by atoms with Gasteiger partial charge >= 0.3 is 0 Å². The van der Waals surface area contributed by atoms with E-state index in [2.05, 4.69) is 15.0 Å². The summed E-state index contributed by atoms with van der Waals surface area (Å²) in [6.07, 6.45) is 6.06. The number of rotatable bonds is 2. The van der Waals surface area contributed by atoms with Gasteiger partial charge in [-0.2, -0.15) is 0 Å². The molecule has 0 bridgehead atoms. The standard InChI is InChI=1S/C10H14N4O/c1-15-6-13-8-2-3-9-7(4-8)5-12-10(11)14-9/h5-6,8H,2-4H2,1H3,(H2,11,12,14)/b13-6-. The second kappa shape index (κ2) is 4.25. The Morgan fingerprint density at radius 2 is 2.53 bits per heavy atom. The average Bonchev–Trinajstić information content (AvgIpc) is 2.26. The molecule has 5 heteroatoms. The van der Waals surface area contributed by atoms with Gasteiger partial charge in [-0.25, -0.2) is 9.97 Å². The van der Waals surface area contributed by atoms with Gasteiger partial charge in [-0.05, 0) is 24.8 Å². The van der Waals surface area contributed by atoms with Gasteiger partial charge in [0.2, 0.25) is 5.95 Å². The van der Waals surface area contributed by atoms with Crippen molar-refractivity contribution >= 4 is 12.3 Å². The minimum absolute atomic E-state index is 0.282. The van der Waals surface area contributed by atoms with Crippen LogP contribution in [0.5, 0.6) is 0 Å². The summed E-state index contributed by atoms with van der Waals surface area (Å²) in [5.74, 6) is 0.354. The lowest BCUT2D eigenvalue weighted by atomic mass is 9.93. The summed E-state index contributed by atoms with van der Waals surface area (Å²) in [4.78, 5) is 12.5. The largest absolute Gasteiger partial charge is 0.487 e. The smallest absolute Gasteiger partial charge is 0.220 e. The minimum atomic E-state index is 0.282. The van der Waals surface area contributed by atoms with Crippen LogP contribution in [0, 0.1) is 0 Å². The Kier molecular flexibility index (Phi) is 2.80. The molecule has 0 aromatic carbocycles. The maximum atomic E-state index is 5.52. The Morgan fingerprint density at radius 3 is 3.33 bits per heavy atom. The molecule has 0 saturated carbocycles. The van der Waals surface area contributed by atoms with Gasteiger partial charge in [0, 0.05) is 11.9 Å². The third kappa shape index (κ3) is 2.23. The van der Waals surface area contributed by atoms with Crippen LogP contribution in [-0.2, 0) is 17.6 Å². The molecule has 0 fully saturated rings. The number of nitrogen functional groups attached to an aromatic ring is 1. The van der Waals surface area contributed by atoms with E-state index in [1.54, 1.807) is 13.3 Å². The lowest BCUT2D eigenvalue weighted by molar-refractivity contribution is 0.414. The zero-order valence-corrected chi connectivity index (χ0v) is 8.68. The van der Waals surface area contributed by atoms with Gasteiger partial charge in [0.15, 0.2) is 6.40 Å². The van der Waals surface area contributed by atoms with E-state index >= 15 is 0 Å². The number of aromatic nitrogens is 2. The van der Waals surface area contributed by atoms with Crippen molar-refractivity contribution in [1.82, 2.24) is 9.97 Å². The topological polar surface area (TPSA) is 73.4 Å². The number of fused-ring (bicyclic) bond motifs is 1. The number of methoxy groups -OCH3 is 1. The molecule has 1 aliphatic carbocycles. The van der Waals surface area contributed by atoms with Crippen molar-refractivity contribution in [2.24, 2.45) is 4.99 Å². The first kappa shape index (κ1) is 9.89. The Bertz CT molecular complexity index is 378. The van der Waals surface area contributed by atoms with Crippen molar-refractivity contribution in [2.45, 2.75) is 25.3 Å². The first-order chi connectivity index (χ1) is 7.29. The fourth-order valence-corrected chi connectivity index (χ4v) is 1.78. The van der Waals surface area contributed by atoms with E-state index in [1.165, 1.54) is 6.40 Å². The summed E-state index contributed by atoms with van der Waals surface area (Å²) in [7, 11) is 1.60. The summed E-state index contributed by atoms with van der Waals surface area (Å²) in [5, 5.41) is 0. The molecule has 2 N–H and O–H groups in total. The number of nitrogens with zero attached hydrogens (tertiary/aromatic N) is 3. The highest BCUT2D eigenvalue weighted by Gasteiger charge is 2.19. The van der Waals surface area contributed by atoms with Crippen molar-refractivity contribution in [3.05, 3.63) is 17.5 Å². The summed E-state index contributed by atoms with van der Waals surface area (Å²) in [6.45, 7) is 0. The van der Waals surface area contributed by atoms with Crippen LogP contribution >= 0.6 is 0 Å². The SMILES string of the molecule is CO/C=N\C1CCc2nc(N)ncc2C1. The average molecular weight is 206 g/mol. The van der Waals surface area contributed by atoms with Gasteiger partial charge in [-0.1, -0.05) is 0 Å². The summed E-state index contributed by atoms with van der Waals surface area (Å²) < 4.78 is 4.81. The molecule has 1 heterocycles. The van der Waals surface area contributed by atoms with E-state index in [-0.39, 0.29) is 6.04 Å². The predicted octanol–water partition coefficient (Wildman–Crippen LogP) is 0.591. The first-order valence-corrected chi connectivity index (χ1v) is 4.94. The lowest BCUT2D eigenvalue weighted by Gasteiger charge is -2.19. The Labute approximate surface area is 88.4 Å². The molecule has 1 atom stereocenters. The predicted molar refractivity (Wildman–Crippen MR) is 57.8 cm³/mol. The molecule has 15 heavy (non-hydrogen) atoms. The molecule has 1 aliphatic rings. The highest BCUT2D eigenvalue weighted by molar-refractivity contribution is 5.46. The van der Waals surface area contributed by atoms with Crippen LogP contribution in [0.15, 0.2) is 11.2 Å². The molecule has 1 aromatic heterocycles. The molecule has 1 aromatic rings. The maximum Gasteiger partial charge on any atom is 0.220 e. The molecule has 0 amide bonds. The Morgan fingerprint density at radius 1 is 1.67 bits per heavy atom. The first-order valence-electron chi connectivity index (χ1n) is 4.94. The third-order valence-corrected chi connectivity index (χ3v) is 2.52. The number of hydrogen-bond donors (Lipinski definition) is 1. The number of anilines is 1. The molecule has 2 rings (SSSR count).